The van der Waals surface area contributed by atoms with Crippen molar-refractivity contribution in [1.82, 2.24) is 20.0 Å². The zero-order chi connectivity index (χ0) is 21.8. The summed E-state index contributed by atoms with van der Waals surface area (Å²) in [5, 5.41) is 3.48. The second kappa shape index (κ2) is 11.4. The summed E-state index contributed by atoms with van der Waals surface area (Å²) in [6.45, 7) is 8.53. The molecule has 4 rings (SSSR count). The molecule has 9 heteroatoms. The average Bonchev–Trinajstić information content (AvgIpc) is 3.43. The monoisotopic (exact) mass is 557 g/mol. The molecule has 0 bridgehead atoms. The molecule has 1 atom stereocenters. The molecule has 178 valence electrons. The molecule has 1 N–H and O–H groups in total. The number of carbonyl (C=O) groups excluding carboxylic acids is 1. The van der Waals surface area contributed by atoms with Gasteiger partial charge in [0.25, 0.3) is 0 Å². The lowest BCUT2D eigenvalue weighted by atomic mass is 10.1. The maximum atomic E-state index is 12.4. The van der Waals surface area contributed by atoms with Gasteiger partial charge >= 0.3 is 0 Å². The van der Waals surface area contributed by atoms with Gasteiger partial charge in [0.05, 0.1) is 13.7 Å². The van der Waals surface area contributed by atoms with E-state index in [1.54, 1.807) is 7.11 Å². The average molecular weight is 557 g/mol. The molecule has 0 aliphatic carbocycles. The van der Waals surface area contributed by atoms with E-state index in [2.05, 4.69) is 39.2 Å². The van der Waals surface area contributed by atoms with Crippen LogP contribution in [0.15, 0.2) is 17.1 Å². The van der Waals surface area contributed by atoms with Gasteiger partial charge in [-0.2, -0.15) is 0 Å². The first-order valence-electron chi connectivity index (χ1n) is 11.4. The highest BCUT2D eigenvalue weighted by atomic mass is 127. The molecule has 1 aromatic carbocycles. The summed E-state index contributed by atoms with van der Waals surface area (Å²) in [6.07, 6.45) is 3.42. The Hall–Kier alpha value is -1.75. The smallest absolute Gasteiger partial charge is 0.236 e. The van der Waals surface area contributed by atoms with E-state index in [0.29, 0.717) is 13.1 Å². The van der Waals surface area contributed by atoms with Crippen molar-refractivity contribution in [2.45, 2.75) is 38.8 Å². The number of aliphatic imine (C=N–C) groups is 1. The second-order valence-corrected chi connectivity index (χ2v) is 8.66. The van der Waals surface area contributed by atoms with Crippen LogP contribution in [0.1, 0.15) is 30.9 Å². The first-order valence-corrected chi connectivity index (χ1v) is 11.4. The first-order chi connectivity index (χ1) is 15.1. The summed E-state index contributed by atoms with van der Waals surface area (Å²) < 4.78 is 11.5. The molecule has 32 heavy (non-hydrogen) atoms. The highest BCUT2D eigenvalue weighted by molar-refractivity contribution is 14.0. The number of rotatable bonds is 5. The Kier molecular flexibility index (Phi) is 8.87. The number of methoxy groups -OCH3 is 1. The van der Waals surface area contributed by atoms with Gasteiger partial charge in [-0.3, -0.25) is 14.7 Å². The molecule has 0 spiro atoms. The van der Waals surface area contributed by atoms with Crippen molar-refractivity contribution in [2.24, 2.45) is 4.99 Å². The van der Waals surface area contributed by atoms with Crippen molar-refractivity contribution in [3.8, 4) is 11.5 Å². The molecule has 1 aromatic rings. The van der Waals surface area contributed by atoms with Gasteiger partial charge in [-0.05, 0) is 31.9 Å². The minimum atomic E-state index is 0. The third-order valence-electron chi connectivity index (χ3n) is 6.44. The third-order valence-corrected chi connectivity index (χ3v) is 6.44. The topological polar surface area (TPSA) is 69.6 Å². The molecular weight excluding hydrogens is 521 g/mol. The van der Waals surface area contributed by atoms with E-state index in [9.17, 15) is 4.79 Å². The van der Waals surface area contributed by atoms with Crippen LogP contribution in [0.5, 0.6) is 11.5 Å². The molecule has 3 heterocycles. The fraction of sp³-hybridized carbons (Fsp3) is 0.652. The van der Waals surface area contributed by atoms with Crippen molar-refractivity contribution < 1.29 is 14.3 Å². The molecule has 0 radical (unpaired) electrons. The molecule has 1 amide bonds. The molecule has 0 aromatic heterocycles. The maximum absolute atomic E-state index is 12.4. The molecule has 3 aliphatic rings. The van der Waals surface area contributed by atoms with Crippen LogP contribution < -0.4 is 14.8 Å². The normalized spacial score (nSPS) is 21.1. The van der Waals surface area contributed by atoms with Crippen LogP contribution in [0.2, 0.25) is 0 Å². The SMILES string of the molecule is CN=C(NCc1cc2c(cc1OC)CC(C)O2)N1CCN(CC(=O)N2CCCC2)CC1.I. The fourth-order valence-corrected chi connectivity index (χ4v) is 4.69. The quantitative estimate of drug-likeness (QED) is 0.339. The molecule has 0 saturated carbocycles. The van der Waals surface area contributed by atoms with Crippen LogP contribution in [-0.4, -0.2) is 92.6 Å². The summed E-state index contributed by atoms with van der Waals surface area (Å²) in [4.78, 5) is 23.4. The zero-order valence-corrected chi connectivity index (χ0v) is 21.8. The Morgan fingerprint density at radius 3 is 2.53 bits per heavy atom. The Labute approximate surface area is 208 Å². The number of halogens is 1. The molecule has 2 fully saturated rings. The van der Waals surface area contributed by atoms with E-state index in [0.717, 1.165) is 81.6 Å². The van der Waals surface area contributed by atoms with Gasteiger partial charge in [-0.15, -0.1) is 24.0 Å². The number of ether oxygens (including phenoxy) is 2. The van der Waals surface area contributed by atoms with Crippen molar-refractivity contribution in [2.75, 3.05) is 60.0 Å². The summed E-state index contributed by atoms with van der Waals surface area (Å²) in [5.74, 6) is 2.98. The second-order valence-electron chi connectivity index (χ2n) is 8.66. The predicted molar refractivity (Wildman–Crippen MR) is 136 cm³/mol. The number of hydrogen-bond acceptors (Lipinski definition) is 5. The largest absolute Gasteiger partial charge is 0.496 e. The van der Waals surface area contributed by atoms with Gasteiger partial charge < -0.3 is 24.6 Å². The van der Waals surface area contributed by atoms with E-state index in [1.807, 2.05) is 11.9 Å². The van der Waals surface area contributed by atoms with Crippen molar-refractivity contribution in [3.63, 3.8) is 0 Å². The lowest BCUT2D eigenvalue weighted by Crippen LogP contribution is -2.54. The van der Waals surface area contributed by atoms with Crippen LogP contribution in [0, 0.1) is 0 Å². The minimum absolute atomic E-state index is 0. The number of fused-ring (bicyclic) bond motifs is 1. The Bertz CT molecular complexity index is 820. The number of nitrogens with one attached hydrogen (secondary N) is 1. The Morgan fingerprint density at radius 1 is 1.16 bits per heavy atom. The van der Waals surface area contributed by atoms with E-state index in [1.165, 1.54) is 5.56 Å². The van der Waals surface area contributed by atoms with E-state index in [-0.39, 0.29) is 36.0 Å². The molecule has 8 nitrogen and oxygen atoms in total. The van der Waals surface area contributed by atoms with Crippen LogP contribution in [-0.2, 0) is 17.8 Å². The number of hydrogen-bond donors (Lipinski definition) is 1. The van der Waals surface area contributed by atoms with Crippen LogP contribution >= 0.6 is 24.0 Å². The van der Waals surface area contributed by atoms with E-state index >= 15 is 0 Å². The van der Waals surface area contributed by atoms with Gasteiger partial charge in [0, 0.05) is 70.4 Å². The Morgan fingerprint density at radius 2 is 1.88 bits per heavy atom. The van der Waals surface area contributed by atoms with Gasteiger partial charge in [0.15, 0.2) is 5.96 Å². The van der Waals surface area contributed by atoms with Gasteiger partial charge in [-0.25, -0.2) is 0 Å². The maximum Gasteiger partial charge on any atom is 0.236 e. The molecule has 1 unspecified atom stereocenters. The lowest BCUT2D eigenvalue weighted by Gasteiger charge is -2.36. The third kappa shape index (κ3) is 5.78. The standard InChI is InChI=1S/C23H35N5O3.HI/c1-17-12-18-13-20(30-3)19(14-21(18)31-17)15-25-23(24-2)28-10-8-26(9-11-28)16-22(29)27-6-4-5-7-27;/h13-14,17H,4-12,15-16H2,1-3H3,(H,24,25);1H. The van der Waals surface area contributed by atoms with Crippen molar-refractivity contribution in [3.05, 3.63) is 23.3 Å². The zero-order valence-electron chi connectivity index (χ0n) is 19.4. The van der Waals surface area contributed by atoms with Gasteiger partial charge in [0.2, 0.25) is 5.91 Å². The van der Waals surface area contributed by atoms with Crippen molar-refractivity contribution in [1.29, 1.82) is 0 Å². The van der Waals surface area contributed by atoms with Crippen LogP contribution in [0.3, 0.4) is 0 Å². The Balaban J connectivity index is 0.00000289. The number of benzene rings is 1. The number of amides is 1. The summed E-state index contributed by atoms with van der Waals surface area (Å²) in [5.41, 5.74) is 2.27. The summed E-state index contributed by atoms with van der Waals surface area (Å²) in [7, 11) is 3.53. The number of likely N-dealkylation sites (tertiary alicyclic amines) is 1. The summed E-state index contributed by atoms with van der Waals surface area (Å²) >= 11 is 0. The summed E-state index contributed by atoms with van der Waals surface area (Å²) in [6, 6.07) is 4.18. The van der Waals surface area contributed by atoms with E-state index < -0.39 is 0 Å². The van der Waals surface area contributed by atoms with Crippen LogP contribution in [0.4, 0.5) is 0 Å². The van der Waals surface area contributed by atoms with Crippen molar-refractivity contribution >= 4 is 35.8 Å². The minimum Gasteiger partial charge on any atom is -0.496 e. The molecule has 3 aliphatic heterocycles. The number of piperazine rings is 1. The number of nitrogens with zero attached hydrogens (tertiary/aromatic N) is 4. The predicted octanol–water partition coefficient (Wildman–Crippen LogP) is 1.95. The number of carbonyl (C=O) groups is 1. The first kappa shape index (κ1) is 24.9. The van der Waals surface area contributed by atoms with Crippen LogP contribution in [0.25, 0.3) is 0 Å². The highest BCUT2D eigenvalue weighted by Gasteiger charge is 2.25. The molecule has 2 saturated heterocycles. The van der Waals surface area contributed by atoms with Gasteiger partial charge in [0.1, 0.15) is 17.6 Å². The van der Waals surface area contributed by atoms with E-state index in [4.69, 9.17) is 9.47 Å². The fourth-order valence-electron chi connectivity index (χ4n) is 4.69. The molecular formula is C23H36IN5O3. The van der Waals surface area contributed by atoms with Gasteiger partial charge in [-0.1, -0.05) is 0 Å². The lowest BCUT2D eigenvalue weighted by molar-refractivity contribution is -0.131. The number of guanidine groups is 1. The highest BCUT2D eigenvalue weighted by Crippen LogP contribution is 2.34.